The van der Waals surface area contributed by atoms with Crippen molar-refractivity contribution in [3.63, 3.8) is 0 Å². The molecule has 1 fully saturated rings. The first kappa shape index (κ1) is 57.5. The number of hydrogen-bond acceptors (Lipinski definition) is 13. The molecule has 7 N–H and O–H groups in total. The van der Waals surface area contributed by atoms with Crippen molar-refractivity contribution < 1.29 is 76.9 Å². The number of allylic oxidation sites excluding steroid dienone is 4. The number of phosphoric ester groups is 2. The molecule has 0 bridgehead atoms. The van der Waals surface area contributed by atoms with Crippen LogP contribution in [0.5, 0.6) is 0 Å². The molecule has 8 atom stereocenters. The van der Waals surface area contributed by atoms with Gasteiger partial charge in [-0.1, -0.05) is 154 Å². The van der Waals surface area contributed by atoms with Gasteiger partial charge in [0.1, 0.15) is 43.2 Å². The van der Waals surface area contributed by atoms with Gasteiger partial charge in [-0.2, -0.15) is 0 Å². The zero-order valence-corrected chi connectivity index (χ0v) is 38.6. The van der Waals surface area contributed by atoms with E-state index in [1.54, 1.807) is 0 Å². The predicted octanol–water partition coefficient (Wildman–Crippen LogP) is 8.17. The molecule has 0 radical (unpaired) electrons. The van der Waals surface area contributed by atoms with Gasteiger partial charge in [-0.3, -0.25) is 23.2 Å². The summed E-state index contributed by atoms with van der Waals surface area (Å²) in [5.41, 5.74) is 0. The predicted molar refractivity (Wildman–Crippen MR) is 232 cm³/mol. The van der Waals surface area contributed by atoms with Crippen molar-refractivity contribution in [3.05, 3.63) is 24.3 Å². The van der Waals surface area contributed by atoms with Crippen LogP contribution in [0.3, 0.4) is 0 Å². The third-order valence-electron chi connectivity index (χ3n) is 10.5. The number of ether oxygens (including phenoxy) is 2. The van der Waals surface area contributed by atoms with Gasteiger partial charge < -0.3 is 44.6 Å². The average molecular weight is 915 g/mol. The molecule has 0 heterocycles. The Hall–Kier alpha value is -1.52. The summed E-state index contributed by atoms with van der Waals surface area (Å²) in [7, 11) is -10.7. The van der Waals surface area contributed by atoms with Gasteiger partial charge in [-0.05, 0) is 38.5 Å². The molecule has 1 aliphatic rings. The lowest BCUT2D eigenvalue weighted by Gasteiger charge is -2.43. The van der Waals surface area contributed by atoms with Crippen molar-refractivity contribution in [2.24, 2.45) is 0 Å². The maximum Gasteiger partial charge on any atom is 0.472 e. The summed E-state index contributed by atoms with van der Waals surface area (Å²) in [5.74, 6) is -1.22. The van der Waals surface area contributed by atoms with Crippen LogP contribution in [0, 0.1) is 0 Å². The Morgan fingerprint density at radius 3 is 1.49 bits per heavy atom. The number of carbonyl (C=O) groups excluding carboxylic acids is 2. The number of rotatable bonds is 38. The zero-order chi connectivity index (χ0) is 45.4. The standard InChI is InChI=1S/C43H80O16P2/c1-3-5-7-9-11-13-15-17-18-20-22-24-26-28-30-32-37(45)57-35(33-55-36(44)31-29-27-25-23-21-19-16-14-12-10-8-6-4-2)34-56-61(53,54)59-43-40(48)38(46)39(47)42(41(43)49)58-60(50,51)52/h8,10,14,16,35,38-43,46-49H,3-7,9,11-13,15,17-34H2,1-2H3,(H,53,54)(H2,50,51,52)/b10-8-,16-14-/t35-,38?,39?,40?,41?,42-,43+/m1/s1. The minimum atomic E-state index is -5.36. The van der Waals surface area contributed by atoms with Gasteiger partial charge in [-0.25, -0.2) is 9.13 Å². The highest BCUT2D eigenvalue weighted by atomic mass is 31.2. The maximum atomic E-state index is 13.0. The molecular formula is C43H80O16P2. The van der Waals surface area contributed by atoms with Crippen molar-refractivity contribution in [1.29, 1.82) is 0 Å². The van der Waals surface area contributed by atoms with Crippen LogP contribution in [-0.2, 0) is 41.8 Å². The zero-order valence-electron chi connectivity index (χ0n) is 36.8. The third kappa shape index (κ3) is 29.5. The highest BCUT2D eigenvalue weighted by Crippen LogP contribution is 2.49. The van der Waals surface area contributed by atoms with E-state index < -0.39 is 83.5 Å². The molecule has 358 valence electrons. The van der Waals surface area contributed by atoms with Gasteiger partial charge in [0.25, 0.3) is 0 Å². The molecule has 16 nitrogen and oxygen atoms in total. The van der Waals surface area contributed by atoms with Crippen LogP contribution in [-0.4, -0.2) is 103 Å². The van der Waals surface area contributed by atoms with Crippen molar-refractivity contribution in [2.45, 2.75) is 224 Å². The van der Waals surface area contributed by atoms with Crippen LogP contribution in [0.15, 0.2) is 24.3 Å². The van der Waals surface area contributed by atoms with E-state index in [2.05, 4.69) is 42.7 Å². The van der Waals surface area contributed by atoms with Gasteiger partial charge in [-0.15, -0.1) is 0 Å². The van der Waals surface area contributed by atoms with Gasteiger partial charge >= 0.3 is 27.6 Å². The number of aliphatic hydroxyl groups is 4. The summed E-state index contributed by atoms with van der Waals surface area (Å²) in [6.07, 6.45) is 20.0. The molecule has 0 aromatic heterocycles. The molecule has 0 saturated heterocycles. The lowest BCUT2D eigenvalue weighted by Crippen LogP contribution is -2.64. The Balaban J connectivity index is 2.61. The summed E-state index contributed by atoms with van der Waals surface area (Å²) in [6, 6.07) is 0. The van der Waals surface area contributed by atoms with Gasteiger partial charge in [0, 0.05) is 12.8 Å². The number of phosphoric acid groups is 2. The molecular weight excluding hydrogens is 834 g/mol. The molecule has 0 aromatic carbocycles. The molecule has 1 aliphatic carbocycles. The fraction of sp³-hybridized carbons (Fsp3) is 0.860. The van der Waals surface area contributed by atoms with Crippen molar-refractivity contribution in [1.82, 2.24) is 0 Å². The van der Waals surface area contributed by atoms with Crippen LogP contribution in [0.25, 0.3) is 0 Å². The van der Waals surface area contributed by atoms with E-state index in [1.165, 1.54) is 64.2 Å². The van der Waals surface area contributed by atoms with Gasteiger partial charge in [0.15, 0.2) is 6.10 Å². The van der Waals surface area contributed by atoms with E-state index in [9.17, 15) is 44.0 Å². The monoisotopic (exact) mass is 914 g/mol. The summed E-state index contributed by atoms with van der Waals surface area (Å²) in [6.45, 7) is 3.03. The Kier molecular flexibility index (Phi) is 32.8. The van der Waals surface area contributed by atoms with Gasteiger partial charge in [0.05, 0.1) is 6.61 Å². The second kappa shape index (κ2) is 34.8. The number of esters is 2. The quantitative estimate of drug-likeness (QED) is 0.0133. The fourth-order valence-electron chi connectivity index (χ4n) is 6.95. The number of unbranched alkanes of at least 4 members (excludes halogenated alkanes) is 20. The second-order valence-electron chi connectivity index (χ2n) is 16.1. The van der Waals surface area contributed by atoms with Crippen molar-refractivity contribution in [3.8, 4) is 0 Å². The Morgan fingerprint density at radius 2 is 0.984 bits per heavy atom. The van der Waals surface area contributed by atoms with E-state index >= 15 is 0 Å². The Morgan fingerprint density at radius 1 is 0.525 bits per heavy atom. The molecule has 0 aliphatic heterocycles. The van der Waals surface area contributed by atoms with Crippen LogP contribution >= 0.6 is 15.6 Å². The fourth-order valence-corrected chi connectivity index (χ4v) is 8.49. The van der Waals surface area contributed by atoms with Crippen molar-refractivity contribution in [2.75, 3.05) is 13.2 Å². The highest BCUT2D eigenvalue weighted by molar-refractivity contribution is 7.47. The first-order chi connectivity index (χ1) is 29.1. The molecule has 0 spiro atoms. The number of carbonyl (C=O) groups is 2. The van der Waals surface area contributed by atoms with E-state index in [-0.39, 0.29) is 12.8 Å². The normalized spacial score (nSPS) is 22.4. The highest BCUT2D eigenvalue weighted by Gasteiger charge is 2.54. The van der Waals surface area contributed by atoms with E-state index in [1.807, 2.05) is 0 Å². The lowest BCUT2D eigenvalue weighted by molar-refractivity contribution is -0.216. The van der Waals surface area contributed by atoms with Gasteiger partial charge in [0.2, 0.25) is 0 Å². The number of aliphatic hydroxyl groups excluding tert-OH is 4. The molecule has 18 heteroatoms. The largest absolute Gasteiger partial charge is 0.472 e. The summed E-state index contributed by atoms with van der Waals surface area (Å²) in [4.78, 5) is 54.2. The summed E-state index contributed by atoms with van der Waals surface area (Å²) >= 11 is 0. The van der Waals surface area contributed by atoms with Crippen LogP contribution in [0.2, 0.25) is 0 Å². The van der Waals surface area contributed by atoms with E-state index in [0.717, 1.165) is 77.0 Å². The van der Waals surface area contributed by atoms with Crippen LogP contribution < -0.4 is 0 Å². The van der Waals surface area contributed by atoms with Crippen molar-refractivity contribution >= 4 is 27.6 Å². The molecule has 1 saturated carbocycles. The smallest absolute Gasteiger partial charge is 0.462 e. The minimum Gasteiger partial charge on any atom is -0.462 e. The van der Waals surface area contributed by atoms with Crippen LogP contribution in [0.4, 0.5) is 0 Å². The maximum absolute atomic E-state index is 13.0. The Bertz CT molecular complexity index is 1290. The first-order valence-corrected chi connectivity index (χ1v) is 25.9. The lowest BCUT2D eigenvalue weighted by atomic mass is 9.85. The molecule has 5 unspecified atom stereocenters. The molecule has 0 amide bonds. The SMILES string of the molecule is CCC/C=C\C/C=C\CCCCCCCC(=O)OC[C@H](COP(=O)(O)O[C@H]1C(O)C(O)C(O)[C@@H](OP(=O)(O)O)C1O)OC(=O)CCCCCCCCCCCCCCCCC. The van der Waals surface area contributed by atoms with E-state index in [0.29, 0.717) is 12.8 Å². The second-order valence-corrected chi connectivity index (χ2v) is 18.7. The van der Waals surface area contributed by atoms with E-state index in [4.69, 9.17) is 28.3 Å². The first-order valence-electron chi connectivity index (χ1n) is 22.9. The molecule has 61 heavy (non-hydrogen) atoms. The summed E-state index contributed by atoms with van der Waals surface area (Å²) in [5, 5.41) is 41.2. The number of hydrogen-bond donors (Lipinski definition) is 7. The topological polar surface area (TPSA) is 256 Å². The Labute approximate surface area is 364 Å². The van der Waals surface area contributed by atoms with Crippen LogP contribution in [0.1, 0.15) is 181 Å². The molecule has 1 rings (SSSR count). The average Bonchev–Trinajstić information content (AvgIpc) is 3.21. The summed E-state index contributed by atoms with van der Waals surface area (Å²) < 4.78 is 49.3. The molecule has 0 aromatic rings. The minimum absolute atomic E-state index is 0.0451. The third-order valence-corrected chi connectivity index (χ3v) is 12.0.